The molecule has 0 radical (unpaired) electrons. The van der Waals surface area contributed by atoms with E-state index in [4.69, 9.17) is 0 Å². The van der Waals surface area contributed by atoms with Crippen molar-refractivity contribution in [2.75, 3.05) is 19.6 Å². The number of nitrogens with zero attached hydrogens (tertiary/aromatic N) is 1. The zero-order chi connectivity index (χ0) is 13.7. The molecule has 1 N–H and O–H groups in total. The molecule has 1 heterocycles. The average Bonchev–Trinajstić information content (AvgIpc) is 2.46. The Labute approximate surface area is 117 Å². The van der Waals surface area contributed by atoms with Crippen LogP contribution in [0.2, 0.25) is 0 Å². The maximum absolute atomic E-state index is 11.5. The Kier molecular flexibility index (Phi) is 5.26. The maximum Gasteiger partial charge on any atom is 0.310 e. The monoisotopic (exact) mass is 267 g/mol. The molecule has 1 unspecified atom stereocenters. The number of carbonyl (C=O) groups is 1. The predicted octanol–water partition coefficient (Wildman–Crippen LogP) is 3.53. The third kappa shape index (κ3) is 3.71. The summed E-state index contributed by atoms with van der Waals surface area (Å²) in [5, 5.41) is 9.50. The van der Waals surface area contributed by atoms with Crippen LogP contribution in [0, 0.1) is 11.3 Å². The molecule has 19 heavy (non-hydrogen) atoms. The van der Waals surface area contributed by atoms with E-state index >= 15 is 0 Å². The van der Waals surface area contributed by atoms with Gasteiger partial charge in [-0.25, -0.2) is 0 Å². The number of hydrogen-bond acceptors (Lipinski definition) is 2. The van der Waals surface area contributed by atoms with Crippen LogP contribution in [0.15, 0.2) is 0 Å². The van der Waals surface area contributed by atoms with E-state index in [0.717, 1.165) is 44.8 Å². The van der Waals surface area contributed by atoms with Crippen LogP contribution in [0.1, 0.15) is 64.7 Å². The van der Waals surface area contributed by atoms with E-state index in [1.807, 2.05) is 6.92 Å². The molecule has 0 spiro atoms. The minimum Gasteiger partial charge on any atom is -0.481 e. The summed E-state index contributed by atoms with van der Waals surface area (Å²) < 4.78 is 0. The van der Waals surface area contributed by atoms with Crippen molar-refractivity contribution in [2.24, 2.45) is 11.3 Å². The van der Waals surface area contributed by atoms with Crippen LogP contribution in [0.4, 0.5) is 0 Å². The molecule has 0 aromatic rings. The van der Waals surface area contributed by atoms with Crippen molar-refractivity contribution < 1.29 is 9.90 Å². The third-order valence-electron chi connectivity index (χ3n) is 5.36. The summed E-state index contributed by atoms with van der Waals surface area (Å²) in [4.78, 5) is 13.9. The van der Waals surface area contributed by atoms with Crippen LogP contribution in [-0.2, 0) is 4.79 Å². The zero-order valence-electron chi connectivity index (χ0n) is 12.4. The first-order chi connectivity index (χ1) is 9.16. The molecule has 1 saturated heterocycles. The van der Waals surface area contributed by atoms with Gasteiger partial charge in [-0.2, -0.15) is 0 Å². The number of aliphatic carboxylic acids is 1. The third-order valence-corrected chi connectivity index (χ3v) is 5.36. The molecule has 3 nitrogen and oxygen atoms in total. The van der Waals surface area contributed by atoms with Crippen LogP contribution < -0.4 is 0 Å². The molecule has 1 saturated carbocycles. The van der Waals surface area contributed by atoms with Crippen LogP contribution >= 0.6 is 0 Å². The van der Waals surface area contributed by atoms with Crippen LogP contribution in [0.25, 0.3) is 0 Å². The lowest BCUT2D eigenvalue weighted by atomic mass is 9.77. The van der Waals surface area contributed by atoms with E-state index in [1.165, 1.54) is 38.5 Å². The van der Waals surface area contributed by atoms with E-state index in [9.17, 15) is 9.90 Å². The number of hydrogen-bond donors (Lipinski definition) is 1. The molecule has 110 valence electrons. The van der Waals surface area contributed by atoms with Crippen molar-refractivity contribution >= 4 is 5.97 Å². The van der Waals surface area contributed by atoms with Gasteiger partial charge in [-0.1, -0.05) is 39.0 Å². The van der Waals surface area contributed by atoms with Gasteiger partial charge in [0.25, 0.3) is 0 Å². The molecule has 1 aliphatic heterocycles. The van der Waals surface area contributed by atoms with Crippen LogP contribution in [-0.4, -0.2) is 35.6 Å². The summed E-state index contributed by atoms with van der Waals surface area (Å²) in [6.45, 7) is 5.01. The lowest BCUT2D eigenvalue weighted by Crippen LogP contribution is -2.47. The first kappa shape index (κ1) is 14.8. The Morgan fingerprint density at radius 2 is 2.00 bits per heavy atom. The van der Waals surface area contributed by atoms with Gasteiger partial charge in [-0.05, 0) is 44.7 Å². The fraction of sp³-hybridized carbons (Fsp3) is 0.938. The molecule has 2 aliphatic rings. The minimum atomic E-state index is -0.586. The van der Waals surface area contributed by atoms with E-state index in [-0.39, 0.29) is 0 Å². The van der Waals surface area contributed by atoms with E-state index in [1.54, 1.807) is 0 Å². The molecule has 2 rings (SSSR count). The number of likely N-dealkylation sites (tertiary alicyclic amines) is 1. The molecule has 2 fully saturated rings. The van der Waals surface area contributed by atoms with Crippen molar-refractivity contribution in [3.63, 3.8) is 0 Å². The fourth-order valence-corrected chi connectivity index (χ4v) is 3.87. The van der Waals surface area contributed by atoms with Gasteiger partial charge in [0.15, 0.2) is 0 Å². The smallest absolute Gasteiger partial charge is 0.310 e. The topological polar surface area (TPSA) is 40.5 Å². The highest BCUT2D eigenvalue weighted by atomic mass is 16.4. The molecular formula is C16H29NO2. The summed E-state index contributed by atoms with van der Waals surface area (Å²) in [6.07, 6.45) is 11.0. The Morgan fingerprint density at radius 3 is 2.63 bits per heavy atom. The van der Waals surface area contributed by atoms with Gasteiger partial charge in [-0.3, -0.25) is 4.79 Å². The highest BCUT2D eigenvalue weighted by Gasteiger charge is 2.40. The lowest BCUT2D eigenvalue weighted by molar-refractivity contribution is -0.153. The second kappa shape index (κ2) is 6.74. The Bertz CT molecular complexity index is 299. The Morgan fingerprint density at radius 1 is 1.26 bits per heavy atom. The summed E-state index contributed by atoms with van der Waals surface area (Å²) in [5.74, 6) is 0.314. The van der Waals surface area contributed by atoms with Gasteiger partial charge in [0.05, 0.1) is 5.41 Å². The highest BCUT2D eigenvalue weighted by Crippen LogP contribution is 2.34. The molecule has 0 bridgehead atoms. The molecule has 0 aromatic carbocycles. The molecule has 0 aromatic heterocycles. The number of piperidine rings is 1. The average molecular weight is 267 g/mol. The van der Waals surface area contributed by atoms with E-state index in [2.05, 4.69) is 4.90 Å². The molecule has 0 amide bonds. The zero-order valence-corrected chi connectivity index (χ0v) is 12.4. The molecular weight excluding hydrogens is 238 g/mol. The second-order valence-electron chi connectivity index (χ2n) is 6.61. The summed E-state index contributed by atoms with van der Waals surface area (Å²) in [6, 6.07) is 0. The van der Waals surface area contributed by atoms with Crippen LogP contribution in [0.5, 0.6) is 0 Å². The fourth-order valence-electron chi connectivity index (χ4n) is 3.87. The first-order valence-corrected chi connectivity index (χ1v) is 8.12. The quantitative estimate of drug-likeness (QED) is 0.828. The van der Waals surface area contributed by atoms with E-state index < -0.39 is 11.4 Å². The van der Waals surface area contributed by atoms with Crippen molar-refractivity contribution in [1.82, 2.24) is 4.90 Å². The number of carboxylic acid groups (broad SMARTS) is 1. The highest BCUT2D eigenvalue weighted by molar-refractivity contribution is 5.75. The lowest BCUT2D eigenvalue weighted by Gasteiger charge is -2.40. The number of carboxylic acids is 1. The number of rotatable bonds is 5. The van der Waals surface area contributed by atoms with Gasteiger partial charge in [-0.15, -0.1) is 0 Å². The first-order valence-electron chi connectivity index (χ1n) is 8.12. The molecule has 3 heteroatoms. The Hall–Kier alpha value is -0.570. The van der Waals surface area contributed by atoms with Gasteiger partial charge >= 0.3 is 5.97 Å². The van der Waals surface area contributed by atoms with Crippen molar-refractivity contribution in [3.05, 3.63) is 0 Å². The predicted molar refractivity (Wildman–Crippen MR) is 77.2 cm³/mol. The summed E-state index contributed by atoms with van der Waals surface area (Å²) >= 11 is 0. The van der Waals surface area contributed by atoms with Gasteiger partial charge in [0.2, 0.25) is 0 Å². The summed E-state index contributed by atoms with van der Waals surface area (Å²) in [5.41, 5.74) is -0.467. The normalized spacial score (nSPS) is 30.4. The van der Waals surface area contributed by atoms with Gasteiger partial charge < -0.3 is 10.0 Å². The van der Waals surface area contributed by atoms with Crippen molar-refractivity contribution in [1.29, 1.82) is 0 Å². The van der Waals surface area contributed by atoms with Gasteiger partial charge in [0, 0.05) is 6.54 Å². The van der Waals surface area contributed by atoms with Crippen LogP contribution in [0.3, 0.4) is 0 Å². The largest absolute Gasteiger partial charge is 0.481 e. The second-order valence-corrected chi connectivity index (χ2v) is 6.61. The SMILES string of the molecule is CCC1(C(=O)O)CCCN(CCC2CCCCC2)C1. The molecule has 1 aliphatic carbocycles. The standard InChI is InChI=1S/C16H29NO2/c1-2-16(15(18)19)10-6-11-17(13-16)12-9-14-7-4-3-5-8-14/h14H,2-13H2,1H3,(H,18,19). The van der Waals surface area contributed by atoms with Crippen molar-refractivity contribution in [3.8, 4) is 0 Å². The van der Waals surface area contributed by atoms with Gasteiger partial charge in [0.1, 0.15) is 0 Å². The van der Waals surface area contributed by atoms with Crippen molar-refractivity contribution in [2.45, 2.75) is 64.7 Å². The summed E-state index contributed by atoms with van der Waals surface area (Å²) in [7, 11) is 0. The molecule has 1 atom stereocenters. The maximum atomic E-state index is 11.5. The minimum absolute atomic E-state index is 0.467. The Balaban J connectivity index is 1.81. The van der Waals surface area contributed by atoms with E-state index in [0.29, 0.717) is 0 Å².